The van der Waals surface area contributed by atoms with Crippen LogP contribution in [0, 0.1) is 11.3 Å². The molecule has 1 aromatic carbocycles. The molecule has 3 heterocycles. The van der Waals surface area contributed by atoms with Crippen LogP contribution in [-0.4, -0.2) is 44.3 Å². The fraction of sp³-hybridized carbons (Fsp3) is 0.550. The van der Waals surface area contributed by atoms with Crippen LogP contribution < -0.4 is 10.4 Å². The van der Waals surface area contributed by atoms with E-state index < -0.39 is 0 Å². The number of benzene rings is 1. The maximum absolute atomic E-state index is 9.43. The van der Waals surface area contributed by atoms with Crippen molar-refractivity contribution in [3.8, 4) is 6.07 Å². The number of nitrogens with zero attached hydrogens (tertiary/aromatic N) is 3. The Bertz CT molecular complexity index is 681. The number of rotatable bonds is 4. The van der Waals surface area contributed by atoms with E-state index in [0.717, 1.165) is 50.4 Å². The highest BCUT2D eigenvalue weighted by molar-refractivity contribution is 5.57. The van der Waals surface area contributed by atoms with E-state index in [-0.39, 0.29) is 0 Å². The summed E-state index contributed by atoms with van der Waals surface area (Å²) in [6.45, 7) is 6.01. The Morgan fingerprint density at radius 1 is 1.16 bits per heavy atom. The molecule has 3 aliphatic heterocycles. The third-order valence-electron chi connectivity index (χ3n) is 5.45. The summed E-state index contributed by atoms with van der Waals surface area (Å²) in [7, 11) is 0. The number of ether oxygens (including phenoxy) is 1. The summed E-state index contributed by atoms with van der Waals surface area (Å²) < 4.78 is 5.48. The summed E-state index contributed by atoms with van der Waals surface area (Å²) in [5.41, 5.74) is 7.94. The summed E-state index contributed by atoms with van der Waals surface area (Å²) in [5.74, 6) is 0.497. The highest BCUT2D eigenvalue weighted by Crippen LogP contribution is 2.31. The molecule has 4 rings (SSSR count). The molecule has 0 amide bonds. The average Bonchev–Trinajstić information content (AvgIpc) is 3.34. The topological polar surface area (TPSA) is 51.5 Å². The second-order valence-corrected chi connectivity index (χ2v) is 7.29. The van der Waals surface area contributed by atoms with Gasteiger partial charge in [-0.1, -0.05) is 0 Å². The Balaban J connectivity index is 1.53. The monoisotopic (exact) mass is 338 g/mol. The van der Waals surface area contributed by atoms with Crippen LogP contribution in [0.3, 0.4) is 0 Å². The molecule has 1 aromatic rings. The molecule has 132 valence electrons. The molecule has 2 fully saturated rings. The van der Waals surface area contributed by atoms with Crippen molar-refractivity contribution in [3.05, 3.63) is 41.1 Å². The van der Waals surface area contributed by atoms with E-state index in [4.69, 9.17) is 4.74 Å². The molecular weight excluding hydrogens is 312 g/mol. The maximum atomic E-state index is 9.43. The van der Waals surface area contributed by atoms with Gasteiger partial charge in [-0.25, -0.2) is 5.43 Å². The molecule has 0 aromatic heterocycles. The van der Waals surface area contributed by atoms with Gasteiger partial charge in [-0.2, -0.15) is 5.26 Å². The van der Waals surface area contributed by atoms with Crippen LogP contribution in [-0.2, 0) is 4.74 Å². The molecule has 0 radical (unpaired) electrons. The van der Waals surface area contributed by atoms with Gasteiger partial charge in [0.15, 0.2) is 0 Å². The Kier molecular flexibility index (Phi) is 5.02. The molecule has 0 saturated carbocycles. The molecule has 0 bridgehead atoms. The third kappa shape index (κ3) is 3.87. The SMILES string of the molecule is N#Cc1cc(C2CCOCC2)cc(N2C=C(CN3CCCC3)CN2)c1. The van der Waals surface area contributed by atoms with Crippen molar-refractivity contribution in [1.82, 2.24) is 10.3 Å². The molecule has 5 nitrogen and oxygen atoms in total. The summed E-state index contributed by atoms with van der Waals surface area (Å²) in [4.78, 5) is 2.52. The lowest BCUT2D eigenvalue weighted by molar-refractivity contribution is 0.0853. The number of anilines is 1. The minimum absolute atomic E-state index is 0.497. The fourth-order valence-corrected chi connectivity index (χ4v) is 4.06. The van der Waals surface area contributed by atoms with Crippen molar-refractivity contribution >= 4 is 5.69 Å². The quantitative estimate of drug-likeness (QED) is 0.915. The first-order chi connectivity index (χ1) is 12.3. The molecule has 0 atom stereocenters. The van der Waals surface area contributed by atoms with E-state index in [2.05, 4.69) is 33.7 Å². The van der Waals surface area contributed by atoms with Crippen LogP contribution in [0.5, 0.6) is 0 Å². The van der Waals surface area contributed by atoms with Crippen LogP contribution in [0.15, 0.2) is 30.0 Å². The van der Waals surface area contributed by atoms with Gasteiger partial charge in [0.05, 0.1) is 17.3 Å². The standard InChI is InChI=1S/C20H26N4O/c21-12-16-9-19(18-3-7-25-8-4-18)11-20(10-16)24-15-17(13-22-24)14-23-5-1-2-6-23/h9-11,15,18,22H,1-8,13-14H2. The van der Waals surface area contributed by atoms with Crippen molar-refractivity contribution in [2.24, 2.45) is 0 Å². The molecule has 0 unspecified atom stereocenters. The molecular formula is C20H26N4O. The minimum Gasteiger partial charge on any atom is -0.381 e. The Labute approximate surface area is 149 Å². The largest absolute Gasteiger partial charge is 0.381 e. The Morgan fingerprint density at radius 3 is 2.72 bits per heavy atom. The minimum atomic E-state index is 0.497. The van der Waals surface area contributed by atoms with E-state index in [1.807, 2.05) is 12.1 Å². The molecule has 25 heavy (non-hydrogen) atoms. The third-order valence-corrected chi connectivity index (χ3v) is 5.45. The van der Waals surface area contributed by atoms with Crippen molar-refractivity contribution in [3.63, 3.8) is 0 Å². The van der Waals surface area contributed by atoms with Crippen LogP contribution in [0.4, 0.5) is 5.69 Å². The molecule has 3 aliphatic rings. The van der Waals surface area contributed by atoms with Crippen LogP contribution in [0.2, 0.25) is 0 Å². The van der Waals surface area contributed by atoms with Crippen molar-refractivity contribution < 1.29 is 4.74 Å². The number of likely N-dealkylation sites (tertiary alicyclic amines) is 1. The van der Waals surface area contributed by atoms with Gasteiger partial charge in [0, 0.05) is 32.5 Å². The molecule has 1 N–H and O–H groups in total. The zero-order valence-electron chi connectivity index (χ0n) is 14.7. The van der Waals surface area contributed by atoms with Gasteiger partial charge in [0.1, 0.15) is 0 Å². The highest BCUT2D eigenvalue weighted by Gasteiger charge is 2.21. The number of nitrogens with one attached hydrogen (secondary N) is 1. The predicted molar refractivity (Wildman–Crippen MR) is 98.2 cm³/mol. The molecule has 0 aliphatic carbocycles. The van der Waals surface area contributed by atoms with Crippen molar-refractivity contribution in [2.45, 2.75) is 31.6 Å². The summed E-state index contributed by atoms with van der Waals surface area (Å²) in [5, 5.41) is 11.5. The lowest BCUT2D eigenvalue weighted by Gasteiger charge is -2.24. The summed E-state index contributed by atoms with van der Waals surface area (Å²) in [6.07, 6.45) is 6.93. The van der Waals surface area contributed by atoms with Gasteiger partial charge in [0.25, 0.3) is 0 Å². The first-order valence-corrected chi connectivity index (χ1v) is 9.39. The number of nitriles is 1. The first-order valence-electron chi connectivity index (χ1n) is 9.39. The first kappa shape index (κ1) is 16.6. The Morgan fingerprint density at radius 2 is 1.96 bits per heavy atom. The fourth-order valence-electron chi connectivity index (χ4n) is 4.06. The van der Waals surface area contributed by atoms with Gasteiger partial charge in [-0.15, -0.1) is 0 Å². The number of hydrazine groups is 1. The van der Waals surface area contributed by atoms with Gasteiger partial charge in [-0.05, 0) is 74.0 Å². The van der Waals surface area contributed by atoms with E-state index >= 15 is 0 Å². The molecule has 0 spiro atoms. The maximum Gasteiger partial charge on any atom is 0.0992 e. The van der Waals surface area contributed by atoms with Crippen molar-refractivity contribution in [1.29, 1.82) is 5.26 Å². The Hall–Kier alpha value is -1.87. The number of hydrogen-bond acceptors (Lipinski definition) is 5. The molecule has 5 heteroatoms. The van der Waals surface area contributed by atoms with Gasteiger partial charge in [0.2, 0.25) is 0 Å². The van der Waals surface area contributed by atoms with Gasteiger partial charge in [-0.3, -0.25) is 9.91 Å². The van der Waals surface area contributed by atoms with E-state index in [9.17, 15) is 5.26 Å². The predicted octanol–water partition coefficient (Wildman–Crippen LogP) is 2.76. The normalized spacial score (nSPS) is 22.2. The zero-order valence-corrected chi connectivity index (χ0v) is 14.7. The van der Waals surface area contributed by atoms with Crippen molar-refractivity contribution in [2.75, 3.05) is 44.4 Å². The average molecular weight is 338 g/mol. The zero-order chi connectivity index (χ0) is 17.1. The number of hydrogen-bond donors (Lipinski definition) is 1. The lowest BCUT2D eigenvalue weighted by Crippen LogP contribution is -2.29. The lowest BCUT2D eigenvalue weighted by atomic mass is 9.90. The van der Waals surface area contributed by atoms with E-state index in [1.165, 1.54) is 37.1 Å². The highest BCUT2D eigenvalue weighted by atomic mass is 16.5. The van der Waals surface area contributed by atoms with E-state index in [1.54, 1.807) is 0 Å². The second kappa shape index (κ2) is 7.57. The molecule has 2 saturated heterocycles. The second-order valence-electron chi connectivity index (χ2n) is 7.29. The summed E-state index contributed by atoms with van der Waals surface area (Å²) >= 11 is 0. The van der Waals surface area contributed by atoms with E-state index in [0.29, 0.717) is 5.92 Å². The van der Waals surface area contributed by atoms with Gasteiger partial charge >= 0.3 is 0 Å². The van der Waals surface area contributed by atoms with Crippen LogP contribution in [0.25, 0.3) is 0 Å². The van der Waals surface area contributed by atoms with Crippen LogP contribution in [0.1, 0.15) is 42.7 Å². The van der Waals surface area contributed by atoms with Crippen LogP contribution >= 0.6 is 0 Å². The summed E-state index contributed by atoms with van der Waals surface area (Å²) in [6, 6.07) is 8.58. The smallest absolute Gasteiger partial charge is 0.0992 e. The van der Waals surface area contributed by atoms with Gasteiger partial charge < -0.3 is 4.74 Å².